The molecule has 9 heteroatoms. The third-order valence-corrected chi connectivity index (χ3v) is 6.85. The predicted octanol–water partition coefficient (Wildman–Crippen LogP) is 2.21. The fourth-order valence-corrected chi connectivity index (χ4v) is 4.81. The van der Waals surface area contributed by atoms with E-state index in [-0.39, 0.29) is 10.1 Å². The lowest BCUT2D eigenvalue weighted by atomic mass is 10.2. The minimum absolute atomic E-state index is 0.192. The summed E-state index contributed by atoms with van der Waals surface area (Å²) < 4.78 is 37.8. The lowest BCUT2D eigenvalue weighted by molar-refractivity contribution is -0.118. The normalized spacial score (nSPS) is 15.4. The molecule has 0 radical (unpaired) electrons. The van der Waals surface area contributed by atoms with Crippen LogP contribution in [0, 0.1) is 0 Å². The number of methoxy groups -OCH3 is 2. The summed E-state index contributed by atoms with van der Waals surface area (Å²) in [6.07, 6.45) is 0.910. The Morgan fingerprint density at radius 2 is 1.88 bits per heavy atom. The lowest BCUT2D eigenvalue weighted by Crippen LogP contribution is -2.45. The topological polar surface area (TPSA) is 93.7 Å². The number of ether oxygens (including phenoxy) is 2. The summed E-state index contributed by atoms with van der Waals surface area (Å²) in [5, 5.41) is 4.42. The van der Waals surface area contributed by atoms with Gasteiger partial charge in [-0.1, -0.05) is 6.07 Å². The van der Waals surface area contributed by atoms with Crippen molar-refractivity contribution in [2.75, 3.05) is 19.5 Å². The van der Waals surface area contributed by atoms with Crippen LogP contribution < -0.4 is 19.5 Å². The predicted molar refractivity (Wildman–Crippen MR) is 94.8 cm³/mol. The highest BCUT2D eigenvalue weighted by atomic mass is 32.2. The number of hydrogen-bond acceptors (Lipinski definition) is 6. The minimum Gasteiger partial charge on any atom is -0.493 e. The summed E-state index contributed by atoms with van der Waals surface area (Å²) in [6, 6.07) is 8.13. The first-order chi connectivity index (χ1) is 11.9. The number of carbonyl (C=O) groups is 1. The number of benzene rings is 1. The van der Waals surface area contributed by atoms with E-state index in [0.29, 0.717) is 30.0 Å². The van der Waals surface area contributed by atoms with E-state index in [1.54, 1.807) is 29.6 Å². The second-order valence-electron chi connectivity index (χ2n) is 5.64. The molecular weight excluding hydrogens is 364 g/mol. The molecule has 7 nitrogen and oxygen atoms in total. The van der Waals surface area contributed by atoms with Crippen molar-refractivity contribution < 1.29 is 22.7 Å². The van der Waals surface area contributed by atoms with Crippen LogP contribution in [0.5, 0.6) is 11.5 Å². The van der Waals surface area contributed by atoms with Crippen molar-refractivity contribution in [1.82, 2.24) is 4.72 Å². The van der Waals surface area contributed by atoms with Gasteiger partial charge in [0, 0.05) is 11.8 Å². The Bertz CT molecular complexity index is 874. The fourth-order valence-electron chi connectivity index (χ4n) is 2.39. The molecule has 0 aliphatic heterocycles. The van der Waals surface area contributed by atoms with Gasteiger partial charge < -0.3 is 14.8 Å². The summed E-state index contributed by atoms with van der Waals surface area (Å²) in [7, 11) is -0.686. The average Bonchev–Trinajstić information content (AvgIpc) is 3.13. The van der Waals surface area contributed by atoms with Gasteiger partial charge in [0.2, 0.25) is 5.91 Å². The van der Waals surface area contributed by atoms with Crippen molar-refractivity contribution in [3.05, 3.63) is 35.7 Å². The van der Waals surface area contributed by atoms with Gasteiger partial charge in [-0.3, -0.25) is 4.79 Å². The SMILES string of the molecule is COc1ccc(NC(=O)C2(NS(=O)(=O)c3cccs3)CC2)cc1OC. The van der Waals surface area contributed by atoms with Crippen LogP contribution in [0.4, 0.5) is 5.69 Å². The molecule has 1 aromatic carbocycles. The van der Waals surface area contributed by atoms with Gasteiger partial charge in [-0.25, -0.2) is 8.42 Å². The monoisotopic (exact) mass is 382 g/mol. The van der Waals surface area contributed by atoms with Gasteiger partial charge in [0.05, 0.1) is 14.2 Å². The molecule has 2 aromatic rings. The van der Waals surface area contributed by atoms with Gasteiger partial charge in [-0.2, -0.15) is 4.72 Å². The molecule has 1 amide bonds. The van der Waals surface area contributed by atoms with Crippen LogP contribution in [0.1, 0.15) is 12.8 Å². The van der Waals surface area contributed by atoms with Crippen molar-refractivity contribution in [3.8, 4) is 11.5 Å². The van der Waals surface area contributed by atoms with Gasteiger partial charge >= 0.3 is 0 Å². The fraction of sp³-hybridized carbons (Fsp3) is 0.312. The zero-order valence-electron chi connectivity index (χ0n) is 13.7. The van der Waals surface area contributed by atoms with Gasteiger partial charge in [0.1, 0.15) is 9.75 Å². The molecule has 134 valence electrons. The van der Waals surface area contributed by atoms with E-state index in [4.69, 9.17) is 9.47 Å². The van der Waals surface area contributed by atoms with E-state index < -0.39 is 15.6 Å². The second kappa shape index (κ2) is 6.66. The molecular formula is C16H18N2O5S2. The maximum absolute atomic E-state index is 12.6. The van der Waals surface area contributed by atoms with Crippen molar-refractivity contribution >= 4 is 33.0 Å². The van der Waals surface area contributed by atoms with Gasteiger partial charge in [-0.05, 0) is 36.4 Å². The molecule has 25 heavy (non-hydrogen) atoms. The number of amides is 1. The second-order valence-corrected chi connectivity index (χ2v) is 8.50. The summed E-state index contributed by atoms with van der Waals surface area (Å²) >= 11 is 1.11. The van der Waals surface area contributed by atoms with Crippen LogP contribution in [0.2, 0.25) is 0 Å². The van der Waals surface area contributed by atoms with E-state index >= 15 is 0 Å². The number of rotatable bonds is 7. The Kier molecular flexibility index (Phi) is 4.72. The Labute approximate surface area is 150 Å². The molecule has 0 saturated heterocycles. The molecule has 0 atom stereocenters. The van der Waals surface area contributed by atoms with Gasteiger partial charge in [0.15, 0.2) is 11.5 Å². The van der Waals surface area contributed by atoms with Crippen LogP contribution in [0.25, 0.3) is 0 Å². The third-order valence-electron chi connectivity index (χ3n) is 3.92. The Balaban J connectivity index is 1.75. The Hall–Kier alpha value is -2.10. The molecule has 1 aliphatic carbocycles. The smallest absolute Gasteiger partial charge is 0.251 e. The zero-order chi connectivity index (χ0) is 18.1. The number of sulfonamides is 1. The van der Waals surface area contributed by atoms with Crippen LogP contribution in [-0.2, 0) is 14.8 Å². The molecule has 1 heterocycles. The maximum Gasteiger partial charge on any atom is 0.251 e. The Morgan fingerprint density at radius 1 is 1.16 bits per heavy atom. The molecule has 0 bridgehead atoms. The Morgan fingerprint density at radius 3 is 2.44 bits per heavy atom. The number of thiophene rings is 1. The highest BCUT2D eigenvalue weighted by Gasteiger charge is 2.53. The molecule has 1 aliphatic rings. The molecule has 1 fully saturated rings. The molecule has 0 unspecified atom stereocenters. The molecule has 0 spiro atoms. The van der Waals surface area contributed by atoms with Gasteiger partial charge in [-0.15, -0.1) is 11.3 Å². The van der Waals surface area contributed by atoms with Crippen molar-refractivity contribution in [2.24, 2.45) is 0 Å². The number of nitrogens with one attached hydrogen (secondary N) is 2. The van der Waals surface area contributed by atoms with Crippen LogP contribution in [0.3, 0.4) is 0 Å². The highest BCUT2D eigenvalue weighted by molar-refractivity contribution is 7.91. The number of anilines is 1. The first-order valence-corrected chi connectivity index (χ1v) is 9.87. The molecule has 2 N–H and O–H groups in total. The van der Waals surface area contributed by atoms with E-state index in [9.17, 15) is 13.2 Å². The lowest BCUT2D eigenvalue weighted by Gasteiger charge is -2.17. The first-order valence-electron chi connectivity index (χ1n) is 7.51. The maximum atomic E-state index is 12.6. The van der Waals surface area contributed by atoms with Crippen molar-refractivity contribution in [1.29, 1.82) is 0 Å². The zero-order valence-corrected chi connectivity index (χ0v) is 15.4. The highest BCUT2D eigenvalue weighted by Crippen LogP contribution is 2.39. The van der Waals surface area contributed by atoms with E-state index in [0.717, 1.165) is 11.3 Å². The van der Waals surface area contributed by atoms with Crippen molar-refractivity contribution in [3.63, 3.8) is 0 Å². The largest absolute Gasteiger partial charge is 0.493 e. The van der Waals surface area contributed by atoms with Crippen LogP contribution in [0.15, 0.2) is 39.9 Å². The number of carbonyl (C=O) groups excluding carboxylic acids is 1. The summed E-state index contributed by atoms with van der Waals surface area (Å²) in [5.41, 5.74) is -0.597. The summed E-state index contributed by atoms with van der Waals surface area (Å²) in [6.45, 7) is 0. The number of hydrogen-bond donors (Lipinski definition) is 2. The third kappa shape index (κ3) is 3.63. The summed E-state index contributed by atoms with van der Waals surface area (Å²) in [4.78, 5) is 12.6. The standard InChI is InChI=1S/C16H18N2O5S2/c1-22-12-6-5-11(10-13(12)23-2)17-15(19)16(7-8-16)18-25(20,21)14-4-3-9-24-14/h3-6,9-10,18H,7-8H2,1-2H3,(H,17,19). The molecule has 1 aromatic heterocycles. The van der Waals surface area contributed by atoms with Gasteiger partial charge in [0.25, 0.3) is 10.0 Å². The molecule has 3 rings (SSSR count). The summed E-state index contributed by atoms with van der Waals surface area (Å²) in [5.74, 6) is 0.629. The van der Waals surface area contributed by atoms with E-state index in [1.807, 2.05) is 0 Å². The first kappa shape index (κ1) is 17.7. The molecule has 1 saturated carbocycles. The average molecular weight is 382 g/mol. The van der Waals surface area contributed by atoms with Crippen molar-refractivity contribution in [2.45, 2.75) is 22.6 Å². The van der Waals surface area contributed by atoms with Crippen LogP contribution in [-0.4, -0.2) is 34.1 Å². The minimum atomic E-state index is -3.71. The van der Waals surface area contributed by atoms with Crippen LogP contribution >= 0.6 is 11.3 Å². The quantitative estimate of drug-likeness (QED) is 0.766. The van der Waals surface area contributed by atoms with E-state index in [2.05, 4.69) is 10.0 Å². The van der Waals surface area contributed by atoms with E-state index in [1.165, 1.54) is 20.3 Å².